The first-order valence-corrected chi connectivity index (χ1v) is 9.82. The lowest BCUT2D eigenvalue weighted by molar-refractivity contribution is -0.152. The summed E-state index contributed by atoms with van der Waals surface area (Å²) in [6.07, 6.45) is 2.20. The average Bonchev–Trinajstić information content (AvgIpc) is 3.44. The van der Waals surface area contributed by atoms with Crippen LogP contribution in [0.1, 0.15) is 22.3 Å². The number of methoxy groups -OCH3 is 1. The van der Waals surface area contributed by atoms with Gasteiger partial charge in [-0.2, -0.15) is 5.10 Å². The summed E-state index contributed by atoms with van der Waals surface area (Å²) in [5, 5.41) is 6.35. The number of fused-ring (bicyclic) bond motifs is 1. The molecule has 0 bridgehead atoms. The third kappa shape index (κ3) is 4.32. The van der Waals surface area contributed by atoms with E-state index in [4.69, 9.17) is 9.47 Å². The van der Waals surface area contributed by atoms with Gasteiger partial charge in [0.15, 0.2) is 6.61 Å². The van der Waals surface area contributed by atoms with Crippen LogP contribution in [-0.4, -0.2) is 53.4 Å². The van der Waals surface area contributed by atoms with Crippen molar-refractivity contribution in [3.63, 3.8) is 0 Å². The number of hydrogen-bond acceptors (Lipinski definition) is 6. The van der Waals surface area contributed by atoms with E-state index in [1.807, 2.05) is 36.4 Å². The van der Waals surface area contributed by atoms with E-state index >= 15 is 0 Å². The second-order valence-corrected chi connectivity index (χ2v) is 7.02. The maximum absolute atomic E-state index is 12.4. The molecule has 0 aliphatic carbocycles. The maximum atomic E-state index is 12.4. The van der Waals surface area contributed by atoms with Crippen LogP contribution in [0.25, 0.3) is 10.9 Å². The lowest BCUT2D eigenvalue weighted by atomic mass is 10.1. The zero-order valence-electron chi connectivity index (χ0n) is 17.0. The summed E-state index contributed by atoms with van der Waals surface area (Å²) in [6, 6.07) is 16.8. The number of carbonyl (C=O) groups is 3. The van der Waals surface area contributed by atoms with Crippen LogP contribution in [0.4, 0.5) is 0 Å². The van der Waals surface area contributed by atoms with Crippen LogP contribution in [0.3, 0.4) is 0 Å². The molecular formula is C23H21N3O5. The van der Waals surface area contributed by atoms with Crippen molar-refractivity contribution in [1.29, 1.82) is 0 Å². The number of ether oxygens (including phenoxy) is 2. The van der Waals surface area contributed by atoms with E-state index < -0.39 is 18.5 Å². The molecule has 0 saturated heterocycles. The number of amides is 1. The first-order chi connectivity index (χ1) is 15.1. The Labute approximate surface area is 178 Å². The van der Waals surface area contributed by atoms with Crippen LogP contribution in [0.2, 0.25) is 0 Å². The molecule has 0 saturated carbocycles. The number of nitrogens with zero attached hydrogens (tertiary/aromatic N) is 3. The topological polar surface area (TPSA) is 90.2 Å². The Morgan fingerprint density at radius 3 is 2.55 bits per heavy atom. The summed E-state index contributed by atoms with van der Waals surface area (Å²) in [5.74, 6) is -1.46. The number of benzene rings is 2. The van der Waals surface area contributed by atoms with Gasteiger partial charge >= 0.3 is 11.9 Å². The largest absolute Gasteiger partial charge is 0.465 e. The van der Waals surface area contributed by atoms with Crippen LogP contribution < -0.4 is 0 Å². The molecule has 2 aromatic carbocycles. The van der Waals surface area contributed by atoms with E-state index in [0.29, 0.717) is 29.4 Å². The lowest BCUT2D eigenvalue weighted by Gasteiger charge is -2.12. The monoisotopic (exact) mass is 419 g/mol. The molecule has 4 rings (SSSR count). The Balaban J connectivity index is 1.38. The molecule has 0 fully saturated rings. The normalized spacial score (nSPS) is 13.2. The van der Waals surface area contributed by atoms with Gasteiger partial charge in [-0.1, -0.05) is 48.5 Å². The molecule has 0 radical (unpaired) electrons. The molecule has 8 heteroatoms. The molecule has 1 aliphatic heterocycles. The van der Waals surface area contributed by atoms with Gasteiger partial charge in [0.05, 0.1) is 24.9 Å². The molecule has 0 unspecified atom stereocenters. The van der Waals surface area contributed by atoms with Crippen molar-refractivity contribution in [2.45, 2.75) is 13.0 Å². The van der Waals surface area contributed by atoms with Crippen LogP contribution in [0.15, 0.2) is 65.9 Å². The summed E-state index contributed by atoms with van der Waals surface area (Å²) in [7, 11) is 1.30. The van der Waals surface area contributed by atoms with Gasteiger partial charge in [-0.15, -0.1) is 0 Å². The second kappa shape index (κ2) is 8.83. The summed E-state index contributed by atoms with van der Waals surface area (Å²) in [6.45, 7) is -0.0812. The van der Waals surface area contributed by atoms with Crippen molar-refractivity contribution >= 4 is 34.5 Å². The number of esters is 2. The zero-order chi connectivity index (χ0) is 21.8. The predicted molar refractivity (Wildman–Crippen MR) is 114 cm³/mol. The van der Waals surface area contributed by atoms with Crippen molar-refractivity contribution in [1.82, 2.24) is 9.58 Å². The van der Waals surface area contributed by atoms with Gasteiger partial charge in [0.2, 0.25) is 0 Å². The highest BCUT2D eigenvalue weighted by Crippen LogP contribution is 2.22. The fourth-order valence-electron chi connectivity index (χ4n) is 3.52. The van der Waals surface area contributed by atoms with Crippen molar-refractivity contribution in [2.24, 2.45) is 5.10 Å². The Bertz CT molecular complexity index is 1170. The molecule has 31 heavy (non-hydrogen) atoms. The van der Waals surface area contributed by atoms with E-state index in [2.05, 4.69) is 5.10 Å². The van der Waals surface area contributed by atoms with Crippen molar-refractivity contribution < 1.29 is 23.9 Å². The summed E-state index contributed by atoms with van der Waals surface area (Å²) in [5.41, 5.74) is 2.86. The van der Waals surface area contributed by atoms with Gasteiger partial charge in [-0.3, -0.25) is 9.59 Å². The van der Waals surface area contributed by atoms with Crippen molar-refractivity contribution in [3.8, 4) is 0 Å². The number of hydrazone groups is 1. The molecule has 1 aromatic heterocycles. The first-order valence-electron chi connectivity index (χ1n) is 9.82. The number of rotatable bonds is 6. The standard InChI is InChI=1S/C23H21N3O5/c1-30-23(29)18-13-25(20-10-6-5-9-17(18)20)14-22(28)31-15-21(27)26-12-11-19(24-26)16-7-3-2-4-8-16/h2-10,13H,11-12,14-15H2,1H3. The van der Waals surface area contributed by atoms with Gasteiger partial charge in [-0.25, -0.2) is 9.80 Å². The molecule has 1 aliphatic rings. The molecular weight excluding hydrogens is 398 g/mol. The third-order valence-electron chi connectivity index (χ3n) is 5.05. The molecule has 0 spiro atoms. The molecule has 3 aromatic rings. The second-order valence-electron chi connectivity index (χ2n) is 7.02. The van der Waals surface area contributed by atoms with Crippen molar-refractivity contribution in [3.05, 3.63) is 71.9 Å². The molecule has 2 heterocycles. The van der Waals surface area contributed by atoms with Gasteiger partial charge in [0.1, 0.15) is 6.54 Å². The minimum atomic E-state index is -0.586. The lowest BCUT2D eigenvalue weighted by Crippen LogP contribution is -2.29. The SMILES string of the molecule is COC(=O)c1cn(CC(=O)OCC(=O)N2CCC(c3ccccc3)=N2)c2ccccc12. The first kappa shape index (κ1) is 20.3. The van der Waals surface area contributed by atoms with Crippen LogP contribution >= 0.6 is 0 Å². The highest BCUT2D eigenvalue weighted by Gasteiger charge is 2.23. The number of hydrogen-bond donors (Lipinski definition) is 0. The van der Waals surface area contributed by atoms with E-state index in [1.54, 1.807) is 29.0 Å². The minimum absolute atomic E-state index is 0.136. The van der Waals surface area contributed by atoms with Crippen LogP contribution in [-0.2, 0) is 25.6 Å². The Morgan fingerprint density at radius 2 is 1.77 bits per heavy atom. The molecule has 8 nitrogen and oxygen atoms in total. The number of carbonyl (C=O) groups excluding carboxylic acids is 3. The predicted octanol–water partition coefficient (Wildman–Crippen LogP) is 2.61. The van der Waals surface area contributed by atoms with E-state index in [1.165, 1.54) is 12.1 Å². The fourth-order valence-corrected chi connectivity index (χ4v) is 3.52. The summed E-state index contributed by atoms with van der Waals surface area (Å²) in [4.78, 5) is 36.7. The van der Waals surface area contributed by atoms with Gasteiger partial charge < -0.3 is 14.0 Å². The van der Waals surface area contributed by atoms with Gasteiger partial charge in [0, 0.05) is 23.5 Å². The summed E-state index contributed by atoms with van der Waals surface area (Å²) >= 11 is 0. The average molecular weight is 419 g/mol. The highest BCUT2D eigenvalue weighted by molar-refractivity contribution is 6.04. The molecule has 0 atom stereocenters. The number of para-hydroxylation sites is 1. The van der Waals surface area contributed by atoms with Crippen LogP contribution in [0, 0.1) is 0 Å². The number of aromatic nitrogens is 1. The smallest absolute Gasteiger partial charge is 0.340 e. The van der Waals surface area contributed by atoms with E-state index in [-0.39, 0.29) is 12.5 Å². The Hall–Kier alpha value is -3.94. The maximum Gasteiger partial charge on any atom is 0.340 e. The molecule has 1 amide bonds. The molecule has 158 valence electrons. The Morgan fingerprint density at radius 1 is 1.03 bits per heavy atom. The summed E-state index contributed by atoms with van der Waals surface area (Å²) < 4.78 is 11.6. The van der Waals surface area contributed by atoms with E-state index in [0.717, 1.165) is 11.3 Å². The Kier molecular flexibility index (Phi) is 5.79. The minimum Gasteiger partial charge on any atom is -0.465 e. The molecule has 0 N–H and O–H groups in total. The highest BCUT2D eigenvalue weighted by atomic mass is 16.5. The van der Waals surface area contributed by atoms with Crippen molar-refractivity contribution in [2.75, 3.05) is 20.3 Å². The van der Waals surface area contributed by atoms with Crippen LogP contribution in [0.5, 0.6) is 0 Å². The van der Waals surface area contributed by atoms with Gasteiger partial charge in [0.25, 0.3) is 5.91 Å². The van der Waals surface area contributed by atoms with E-state index in [9.17, 15) is 14.4 Å². The third-order valence-corrected chi connectivity index (χ3v) is 5.05. The van der Waals surface area contributed by atoms with Gasteiger partial charge in [-0.05, 0) is 11.6 Å². The fraction of sp³-hybridized carbons (Fsp3) is 0.217. The zero-order valence-corrected chi connectivity index (χ0v) is 17.0. The quantitative estimate of drug-likeness (QED) is 0.573.